The molecule has 0 unspecified atom stereocenters. The molecule has 260 valence electrons. The lowest BCUT2D eigenvalue weighted by molar-refractivity contribution is 1.01. The van der Waals surface area contributed by atoms with Crippen LogP contribution >= 0.6 is 0 Å². The minimum absolute atomic E-state index is 0.666. The van der Waals surface area contributed by atoms with E-state index >= 15 is 0 Å². The maximum atomic E-state index is 5.06. The Labute approximate surface area is 320 Å². The van der Waals surface area contributed by atoms with E-state index in [1.54, 1.807) is 0 Å². The molecule has 2 aromatic heterocycles. The highest BCUT2D eigenvalue weighted by Crippen LogP contribution is 2.37. The van der Waals surface area contributed by atoms with Gasteiger partial charge >= 0.3 is 0 Å². The van der Waals surface area contributed by atoms with Crippen LogP contribution in [-0.2, 0) is 0 Å². The maximum absolute atomic E-state index is 5.06. The molecule has 7 aromatic carbocycles. The van der Waals surface area contributed by atoms with Gasteiger partial charge in [0.2, 0.25) is 0 Å². The number of para-hydroxylation sites is 1. The summed E-state index contributed by atoms with van der Waals surface area (Å²) in [4.78, 5) is 15.0. The van der Waals surface area contributed by atoms with E-state index in [0.717, 1.165) is 51.9 Å². The topological polar surface area (TPSA) is 43.6 Å². The predicted molar refractivity (Wildman–Crippen MR) is 228 cm³/mol. The van der Waals surface area contributed by atoms with E-state index in [2.05, 4.69) is 181 Å². The zero-order valence-electron chi connectivity index (χ0n) is 30.2. The van der Waals surface area contributed by atoms with E-state index < -0.39 is 0 Å². The third kappa shape index (κ3) is 6.14. The van der Waals surface area contributed by atoms with Crippen LogP contribution in [-0.4, -0.2) is 19.5 Å². The highest BCUT2D eigenvalue weighted by Gasteiger charge is 2.17. The number of nitrogens with zero attached hydrogens (tertiary/aromatic N) is 4. The molecule has 55 heavy (non-hydrogen) atoms. The molecule has 0 atom stereocenters. The largest absolute Gasteiger partial charge is 0.309 e. The van der Waals surface area contributed by atoms with Gasteiger partial charge in [-0.1, -0.05) is 164 Å². The van der Waals surface area contributed by atoms with Gasteiger partial charge in [0.05, 0.1) is 11.0 Å². The molecule has 4 nitrogen and oxygen atoms in total. The summed E-state index contributed by atoms with van der Waals surface area (Å²) in [5.41, 5.74) is 13.4. The number of hydrogen-bond acceptors (Lipinski definition) is 3. The minimum atomic E-state index is 0.666. The lowest BCUT2D eigenvalue weighted by Crippen LogP contribution is -2.03. The summed E-state index contributed by atoms with van der Waals surface area (Å²) in [6, 6.07) is 62.4. The third-order valence-corrected chi connectivity index (χ3v) is 10.5. The summed E-state index contributed by atoms with van der Waals surface area (Å²) < 4.78 is 2.39. The predicted octanol–water partition coefficient (Wildman–Crippen LogP) is 13.0. The van der Waals surface area contributed by atoms with Crippen LogP contribution in [0.2, 0.25) is 0 Å². The fourth-order valence-electron chi connectivity index (χ4n) is 7.78. The molecule has 0 fully saturated rings. The summed E-state index contributed by atoms with van der Waals surface area (Å²) >= 11 is 0. The van der Waals surface area contributed by atoms with Gasteiger partial charge in [-0.15, -0.1) is 0 Å². The van der Waals surface area contributed by atoms with Crippen molar-refractivity contribution in [2.45, 2.75) is 12.8 Å². The fraction of sp³-hybridized carbons (Fsp3) is 0.0392. The van der Waals surface area contributed by atoms with Crippen LogP contribution in [0.1, 0.15) is 18.7 Å². The van der Waals surface area contributed by atoms with Crippen molar-refractivity contribution in [3.05, 3.63) is 200 Å². The Hall–Kier alpha value is -7.17. The molecule has 0 radical (unpaired) electrons. The van der Waals surface area contributed by atoms with Crippen molar-refractivity contribution in [3.63, 3.8) is 0 Å². The van der Waals surface area contributed by atoms with Crippen molar-refractivity contribution in [1.29, 1.82) is 0 Å². The van der Waals surface area contributed by atoms with Crippen molar-refractivity contribution in [3.8, 4) is 61.8 Å². The zero-order valence-corrected chi connectivity index (χ0v) is 30.2. The van der Waals surface area contributed by atoms with Crippen molar-refractivity contribution < 1.29 is 0 Å². The van der Waals surface area contributed by atoms with Crippen LogP contribution in [0.25, 0.3) is 89.2 Å². The molecule has 10 rings (SSSR count). The summed E-state index contributed by atoms with van der Waals surface area (Å²) in [6.07, 6.45) is 8.55. The van der Waals surface area contributed by atoms with Gasteiger partial charge in [-0.05, 0) is 76.6 Å². The van der Waals surface area contributed by atoms with Gasteiger partial charge < -0.3 is 4.57 Å². The maximum Gasteiger partial charge on any atom is 0.164 e. The van der Waals surface area contributed by atoms with Gasteiger partial charge in [0, 0.05) is 33.2 Å². The summed E-state index contributed by atoms with van der Waals surface area (Å²) in [6.45, 7) is 0. The Kier molecular flexibility index (Phi) is 8.27. The SMILES string of the molecule is C1=CC(c2nc(-c3ccccc3)nc(-c3ccccc3-c3ccc(-c4ccc5c(c4)c4ccccc4n5-c4cccc(-c5ccccc5)c4)cc3)n2)=CCC1. The Morgan fingerprint density at radius 3 is 1.78 bits per heavy atom. The highest BCUT2D eigenvalue weighted by molar-refractivity contribution is 6.10. The highest BCUT2D eigenvalue weighted by atomic mass is 15.0. The number of allylic oxidation sites excluding steroid dienone is 4. The second kappa shape index (κ2) is 14.0. The molecule has 0 saturated heterocycles. The van der Waals surface area contributed by atoms with Gasteiger partial charge in [0.1, 0.15) is 0 Å². The first kappa shape index (κ1) is 32.5. The summed E-state index contributed by atoms with van der Waals surface area (Å²) in [5, 5.41) is 2.47. The Balaban J connectivity index is 1.03. The minimum Gasteiger partial charge on any atom is -0.309 e. The van der Waals surface area contributed by atoms with E-state index in [9.17, 15) is 0 Å². The molecule has 0 saturated carbocycles. The fourth-order valence-corrected chi connectivity index (χ4v) is 7.78. The van der Waals surface area contributed by atoms with E-state index in [1.807, 2.05) is 18.2 Å². The van der Waals surface area contributed by atoms with Gasteiger partial charge in [-0.3, -0.25) is 0 Å². The quantitative estimate of drug-likeness (QED) is 0.166. The standard InChI is InChI=1S/C51H36N4/c1-4-15-35(16-5-1)40-21-14-22-42(33-40)55-47-26-13-12-24-44(47)46-34-41(31-32-48(46)55)36-27-29-37(30-28-36)43-23-10-11-25-45(43)51-53-49(38-17-6-2-7-18-38)52-50(54-51)39-19-8-3-9-20-39/h1-2,4-8,10-34H,3,9H2. The lowest BCUT2D eigenvalue weighted by Gasteiger charge is -2.13. The van der Waals surface area contributed by atoms with Crippen LogP contribution in [0.15, 0.2) is 194 Å². The normalized spacial score (nSPS) is 12.6. The Bertz CT molecular complexity index is 2900. The van der Waals surface area contributed by atoms with E-state index in [4.69, 9.17) is 15.0 Å². The average molecular weight is 705 g/mol. The lowest BCUT2D eigenvalue weighted by atomic mass is 9.96. The van der Waals surface area contributed by atoms with Gasteiger partial charge in [0.25, 0.3) is 0 Å². The third-order valence-electron chi connectivity index (χ3n) is 10.5. The molecule has 4 heteroatoms. The first-order valence-electron chi connectivity index (χ1n) is 18.8. The molecule has 0 aliphatic heterocycles. The van der Waals surface area contributed by atoms with Crippen LogP contribution in [0.4, 0.5) is 0 Å². The van der Waals surface area contributed by atoms with Gasteiger partial charge in [-0.25, -0.2) is 15.0 Å². The van der Waals surface area contributed by atoms with Crippen molar-refractivity contribution in [2.75, 3.05) is 0 Å². The molecule has 9 aromatic rings. The average Bonchev–Trinajstić information content (AvgIpc) is 3.61. The number of fused-ring (bicyclic) bond motifs is 3. The van der Waals surface area contributed by atoms with E-state index in [-0.39, 0.29) is 0 Å². The monoisotopic (exact) mass is 704 g/mol. The molecule has 1 aliphatic carbocycles. The number of aromatic nitrogens is 4. The number of benzene rings is 7. The number of hydrogen-bond donors (Lipinski definition) is 0. The smallest absolute Gasteiger partial charge is 0.164 e. The van der Waals surface area contributed by atoms with E-state index in [0.29, 0.717) is 17.5 Å². The van der Waals surface area contributed by atoms with Crippen molar-refractivity contribution >= 4 is 27.4 Å². The molecule has 0 amide bonds. The first-order chi connectivity index (χ1) is 27.3. The Morgan fingerprint density at radius 2 is 0.982 bits per heavy atom. The molecular weight excluding hydrogens is 669 g/mol. The van der Waals surface area contributed by atoms with Crippen LogP contribution in [0.3, 0.4) is 0 Å². The summed E-state index contributed by atoms with van der Waals surface area (Å²) in [5.74, 6) is 2.04. The van der Waals surface area contributed by atoms with Crippen LogP contribution < -0.4 is 0 Å². The van der Waals surface area contributed by atoms with Crippen LogP contribution in [0.5, 0.6) is 0 Å². The summed E-state index contributed by atoms with van der Waals surface area (Å²) in [7, 11) is 0. The van der Waals surface area contributed by atoms with Crippen LogP contribution in [0, 0.1) is 0 Å². The number of rotatable bonds is 7. The molecule has 1 aliphatic rings. The van der Waals surface area contributed by atoms with Crippen molar-refractivity contribution in [1.82, 2.24) is 19.5 Å². The van der Waals surface area contributed by atoms with Crippen molar-refractivity contribution in [2.24, 2.45) is 0 Å². The van der Waals surface area contributed by atoms with E-state index in [1.165, 1.54) is 38.5 Å². The molecule has 0 N–H and O–H groups in total. The molecule has 0 bridgehead atoms. The molecule has 2 heterocycles. The molecule has 0 spiro atoms. The molecular formula is C51H36N4. The second-order valence-corrected chi connectivity index (χ2v) is 13.9. The zero-order chi connectivity index (χ0) is 36.6. The Morgan fingerprint density at radius 1 is 0.382 bits per heavy atom. The van der Waals surface area contributed by atoms with Gasteiger partial charge in [0.15, 0.2) is 17.5 Å². The first-order valence-corrected chi connectivity index (χ1v) is 18.8. The van der Waals surface area contributed by atoms with Gasteiger partial charge in [-0.2, -0.15) is 0 Å². The second-order valence-electron chi connectivity index (χ2n) is 13.9.